The van der Waals surface area contributed by atoms with E-state index in [4.69, 9.17) is 4.99 Å². The maximum Gasteiger partial charge on any atom is 0.224 e. The molecule has 1 unspecified atom stereocenters. The van der Waals surface area contributed by atoms with Gasteiger partial charge in [-0.2, -0.15) is 0 Å². The number of ketones is 1. The highest BCUT2D eigenvalue weighted by Crippen LogP contribution is 2.63. The van der Waals surface area contributed by atoms with Gasteiger partial charge in [0.25, 0.3) is 0 Å². The van der Waals surface area contributed by atoms with E-state index in [-0.39, 0.29) is 28.7 Å². The molecule has 4 aliphatic rings. The van der Waals surface area contributed by atoms with Crippen molar-refractivity contribution in [1.82, 2.24) is 5.32 Å². The molecule has 2 aromatic carbocycles. The molecule has 0 aromatic heterocycles. The summed E-state index contributed by atoms with van der Waals surface area (Å²) in [6, 6.07) is 20.5. The Labute approximate surface area is 215 Å². The fourth-order valence-electron chi connectivity index (χ4n) is 8.53. The second kappa shape index (κ2) is 8.97. The van der Waals surface area contributed by atoms with Gasteiger partial charge in [0.05, 0.1) is 6.04 Å². The van der Waals surface area contributed by atoms with Crippen LogP contribution in [0.1, 0.15) is 76.0 Å². The molecule has 0 radical (unpaired) electrons. The van der Waals surface area contributed by atoms with Gasteiger partial charge in [0, 0.05) is 36.4 Å². The maximum absolute atomic E-state index is 14.0. The van der Waals surface area contributed by atoms with Crippen LogP contribution >= 0.6 is 0 Å². The van der Waals surface area contributed by atoms with Crippen molar-refractivity contribution in [3.05, 3.63) is 71.8 Å². The van der Waals surface area contributed by atoms with Crippen LogP contribution in [-0.4, -0.2) is 23.9 Å². The third-order valence-electron chi connectivity index (χ3n) is 10.6. The summed E-state index contributed by atoms with van der Waals surface area (Å²) in [5, 5.41) is 3.48. The molecule has 4 nitrogen and oxygen atoms in total. The minimum atomic E-state index is -0.139. The van der Waals surface area contributed by atoms with Crippen molar-refractivity contribution < 1.29 is 9.59 Å². The van der Waals surface area contributed by atoms with E-state index >= 15 is 0 Å². The Morgan fingerprint density at radius 2 is 1.58 bits per heavy atom. The smallest absolute Gasteiger partial charge is 0.224 e. The van der Waals surface area contributed by atoms with Gasteiger partial charge >= 0.3 is 0 Å². The van der Waals surface area contributed by atoms with E-state index in [9.17, 15) is 9.59 Å². The predicted molar refractivity (Wildman–Crippen MR) is 143 cm³/mol. The number of carbonyl (C=O) groups is 2. The lowest BCUT2D eigenvalue weighted by Gasteiger charge is -2.56. The van der Waals surface area contributed by atoms with Crippen LogP contribution in [0.15, 0.2) is 65.7 Å². The molecule has 1 amide bonds. The molecular formula is C32H38N2O2. The fourth-order valence-corrected chi connectivity index (χ4v) is 8.53. The highest BCUT2D eigenvalue weighted by Gasteiger charge is 2.60. The van der Waals surface area contributed by atoms with Gasteiger partial charge < -0.3 is 5.32 Å². The molecule has 36 heavy (non-hydrogen) atoms. The monoisotopic (exact) mass is 482 g/mol. The second-order valence-electron chi connectivity index (χ2n) is 12.2. The number of benzene rings is 2. The Hall–Kier alpha value is -2.75. The highest BCUT2D eigenvalue weighted by atomic mass is 16.2. The van der Waals surface area contributed by atoms with Crippen molar-refractivity contribution in [3.63, 3.8) is 0 Å². The van der Waals surface area contributed by atoms with Crippen molar-refractivity contribution >= 4 is 17.4 Å². The van der Waals surface area contributed by atoms with E-state index in [1.165, 1.54) is 5.71 Å². The standard InChI is InChI=1S/C32H38N2O2/c1-31-18-16-26-24(20-33-28-19-23(35)15-17-32(26,28)2)25(31)13-14-27(31)30(36)34-29(21-9-5-3-6-10-21)22-11-7-4-8-12-22/h3-12,24-27,29H,13-20H2,1-2H3,(H,34,36)/t24-,25-,26+,27?,31-,32+/m0/s1. The van der Waals surface area contributed by atoms with E-state index in [0.29, 0.717) is 36.4 Å². The molecule has 6 atom stereocenters. The third kappa shape index (κ3) is 3.76. The van der Waals surface area contributed by atoms with Gasteiger partial charge in [-0.1, -0.05) is 74.5 Å². The van der Waals surface area contributed by atoms with Crippen LogP contribution in [-0.2, 0) is 9.59 Å². The summed E-state index contributed by atoms with van der Waals surface area (Å²) in [7, 11) is 0. The minimum Gasteiger partial charge on any atom is -0.345 e. The molecule has 1 heterocycles. The number of amides is 1. The minimum absolute atomic E-state index is 0.0110. The van der Waals surface area contributed by atoms with Crippen molar-refractivity contribution in [1.29, 1.82) is 0 Å². The Kier molecular flexibility index (Phi) is 5.89. The molecule has 188 valence electrons. The Morgan fingerprint density at radius 1 is 0.917 bits per heavy atom. The quantitative estimate of drug-likeness (QED) is 0.567. The number of nitrogens with zero attached hydrogens (tertiary/aromatic N) is 1. The van der Waals surface area contributed by atoms with E-state index in [1.54, 1.807) is 0 Å². The predicted octanol–water partition coefficient (Wildman–Crippen LogP) is 6.16. The Morgan fingerprint density at radius 3 is 2.25 bits per heavy atom. The van der Waals surface area contributed by atoms with Crippen LogP contribution in [0, 0.1) is 34.5 Å². The Bertz CT molecular complexity index is 1140. The molecule has 3 aliphatic carbocycles. The zero-order valence-electron chi connectivity index (χ0n) is 21.6. The summed E-state index contributed by atoms with van der Waals surface area (Å²) in [5.41, 5.74) is 3.49. The molecule has 1 N–H and O–H groups in total. The first kappa shape index (κ1) is 23.6. The SMILES string of the molecule is C[C@]12CCC(=O)CC1=NC[C@@H]1[C@H]2CC[C@]2(C)C(C(=O)NC(c3ccccc3)c3ccccc3)CC[C@@H]12. The topological polar surface area (TPSA) is 58.5 Å². The summed E-state index contributed by atoms with van der Waals surface area (Å²) in [5.74, 6) is 2.24. The number of Topliss-reactive ketones (excluding diaryl/α,β-unsaturated/α-hetero) is 1. The largest absolute Gasteiger partial charge is 0.345 e. The number of hydrogen-bond acceptors (Lipinski definition) is 3. The van der Waals surface area contributed by atoms with Crippen molar-refractivity contribution in [3.8, 4) is 0 Å². The van der Waals surface area contributed by atoms with Crippen molar-refractivity contribution in [2.24, 2.45) is 39.5 Å². The Balaban J connectivity index is 1.25. The lowest BCUT2D eigenvalue weighted by Crippen LogP contribution is -2.55. The number of rotatable bonds is 4. The summed E-state index contributed by atoms with van der Waals surface area (Å²) in [6.07, 6.45) is 6.52. The van der Waals surface area contributed by atoms with Crippen LogP contribution in [0.5, 0.6) is 0 Å². The third-order valence-corrected chi connectivity index (χ3v) is 10.6. The van der Waals surface area contributed by atoms with Gasteiger partial charge in [-0.15, -0.1) is 0 Å². The average Bonchev–Trinajstić information content (AvgIpc) is 3.26. The maximum atomic E-state index is 14.0. The van der Waals surface area contributed by atoms with Gasteiger partial charge in [0.1, 0.15) is 5.78 Å². The lowest BCUT2D eigenvalue weighted by atomic mass is 9.49. The summed E-state index contributed by atoms with van der Waals surface area (Å²) < 4.78 is 0. The number of fused-ring (bicyclic) bond motifs is 5. The summed E-state index contributed by atoms with van der Waals surface area (Å²) >= 11 is 0. The molecule has 0 spiro atoms. The summed E-state index contributed by atoms with van der Waals surface area (Å²) in [6.45, 7) is 5.60. The number of aliphatic imine (C=N–C) groups is 1. The summed E-state index contributed by atoms with van der Waals surface area (Å²) in [4.78, 5) is 31.2. The highest BCUT2D eigenvalue weighted by molar-refractivity contribution is 6.07. The molecule has 3 fully saturated rings. The van der Waals surface area contributed by atoms with Crippen LogP contribution in [0.25, 0.3) is 0 Å². The van der Waals surface area contributed by atoms with E-state index in [2.05, 4.69) is 43.4 Å². The molecule has 2 aromatic rings. The van der Waals surface area contributed by atoms with Gasteiger partial charge in [-0.05, 0) is 66.4 Å². The second-order valence-corrected chi connectivity index (χ2v) is 12.2. The van der Waals surface area contributed by atoms with Crippen molar-refractivity contribution in [2.75, 3.05) is 6.54 Å². The molecule has 4 heteroatoms. The first-order chi connectivity index (χ1) is 17.4. The van der Waals surface area contributed by atoms with Gasteiger partial charge in [0.15, 0.2) is 0 Å². The molecule has 1 aliphatic heterocycles. The van der Waals surface area contributed by atoms with Crippen LogP contribution < -0.4 is 5.32 Å². The van der Waals surface area contributed by atoms with Crippen LogP contribution in [0.3, 0.4) is 0 Å². The number of carbonyl (C=O) groups excluding carboxylic acids is 2. The zero-order valence-corrected chi connectivity index (χ0v) is 21.6. The molecular weight excluding hydrogens is 444 g/mol. The average molecular weight is 483 g/mol. The van der Waals surface area contributed by atoms with Crippen LogP contribution in [0.4, 0.5) is 0 Å². The molecule has 6 rings (SSSR count). The van der Waals surface area contributed by atoms with Gasteiger partial charge in [0.2, 0.25) is 5.91 Å². The number of nitrogens with one attached hydrogen (secondary N) is 1. The van der Waals surface area contributed by atoms with E-state index < -0.39 is 0 Å². The normalized spacial score (nSPS) is 35.4. The van der Waals surface area contributed by atoms with Crippen LogP contribution in [0.2, 0.25) is 0 Å². The molecule has 3 saturated carbocycles. The first-order valence-electron chi connectivity index (χ1n) is 13.9. The number of hydrogen-bond donors (Lipinski definition) is 1. The van der Waals surface area contributed by atoms with Gasteiger partial charge in [-0.25, -0.2) is 0 Å². The fraction of sp³-hybridized carbons (Fsp3) is 0.531. The van der Waals surface area contributed by atoms with Crippen molar-refractivity contribution in [2.45, 2.75) is 64.8 Å². The molecule has 0 saturated heterocycles. The lowest BCUT2D eigenvalue weighted by molar-refractivity contribution is -0.132. The first-order valence-corrected chi connectivity index (χ1v) is 13.9. The van der Waals surface area contributed by atoms with Gasteiger partial charge in [-0.3, -0.25) is 14.6 Å². The van der Waals surface area contributed by atoms with E-state index in [0.717, 1.165) is 49.8 Å². The zero-order chi connectivity index (χ0) is 24.9. The molecule has 0 bridgehead atoms. The van der Waals surface area contributed by atoms with E-state index in [1.807, 2.05) is 36.4 Å².